The zero-order valence-corrected chi connectivity index (χ0v) is 16.7. The van der Waals surface area contributed by atoms with E-state index < -0.39 is 11.9 Å². The first-order valence-electron chi connectivity index (χ1n) is 9.26. The Morgan fingerprint density at radius 3 is 2.55 bits per heavy atom. The van der Waals surface area contributed by atoms with Crippen molar-refractivity contribution in [2.75, 3.05) is 18.5 Å². The van der Waals surface area contributed by atoms with Crippen LogP contribution in [-0.4, -0.2) is 34.9 Å². The summed E-state index contributed by atoms with van der Waals surface area (Å²) in [5.74, 6) is 0.266. The maximum Gasteiger partial charge on any atom is 0.316 e. The molecule has 0 aliphatic carbocycles. The second-order valence-electron chi connectivity index (χ2n) is 6.25. The maximum absolute atomic E-state index is 11.7. The smallest absolute Gasteiger partial charge is 0.316 e. The van der Waals surface area contributed by atoms with E-state index in [2.05, 4.69) is 10.4 Å². The number of aromatic nitrogens is 2. The predicted molar refractivity (Wildman–Crippen MR) is 113 cm³/mol. The van der Waals surface area contributed by atoms with Crippen LogP contribution < -0.4 is 26.3 Å². The van der Waals surface area contributed by atoms with Crippen LogP contribution in [0.15, 0.2) is 48.7 Å². The molecule has 31 heavy (non-hydrogen) atoms. The largest absolute Gasteiger partial charge is 0.493 e. The Hall–Kier alpha value is -4.52. The molecule has 1 aromatic heterocycles. The Bertz CT molecular complexity index is 1160. The highest BCUT2D eigenvalue weighted by Crippen LogP contribution is 2.37. The van der Waals surface area contributed by atoms with Crippen molar-refractivity contribution in [3.8, 4) is 34.4 Å². The van der Waals surface area contributed by atoms with Gasteiger partial charge in [-0.1, -0.05) is 18.2 Å². The van der Waals surface area contributed by atoms with Crippen LogP contribution in [0.4, 0.5) is 10.5 Å². The van der Waals surface area contributed by atoms with Gasteiger partial charge in [-0.3, -0.25) is 4.79 Å². The SMILES string of the molecule is CCOc1cc(-n2cc(NC(N)=O)c(C(N)=O)n2)ccc1-c1ccccc1OCC#N. The molecule has 0 aliphatic rings. The van der Waals surface area contributed by atoms with Crippen molar-refractivity contribution in [1.29, 1.82) is 5.26 Å². The standard InChI is InChI=1S/C21H20N6O4/c1-2-30-18-11-13(27-12-16(25-21(24)29)19(26-27)20(23)28)7-8-15(18)14-5-3-4-6-17(14)31-10-9-22/h3-8,11-12H,2,10H2,1H3,(H2,23,28)(H3,24,25,29). The number of nitriles is 1. The van der Waals surface area contributed by atoms with E-state index in [9.17, 15) is 9.59 Å². The van der Waals surface area contributed by atoms with Gasteiger partial charge in [0.25, 0.3) is 5.91 Å². The highest BCUT2D eigenvalue weighted by Gasteiger charge is 2.18. The molecule has 1 heterocycles. The average molecular weight is 420 g/mol. The van der Waals surface area contributed by atoms with E-state index in [1.54, 1.807) is 18.2 Å². The normalized spacial score (nSPS) is 10.2. The lowest BCUT2D eigenvalue weighted by Crippen LogP contribution is -2.22. The molecule has 0 bridgehead atoms. The summed E-state index contributed by atoms with van der Waals surface area (Å²) in [6, 6.07) is 13.7. The number of nitrogens with one attached hydrogen (secondary N) is 1. The molecule has 0 radical (unpaired) electrons. The molecule has 0 spiro atoms. The van der Waals surface area contributed by atoms with Gasteiger partial charge in [-0.05, 0) is 25.1 Å². The van der Waals surface area contributed by atoms with Gasteiger partial charge >= 0.3 is 6.03 Å². The number of carbonyl (C=O) groups is 2. The van der Waals surface area contributed by atoms with E-state index in [0.717, 1.165) is 11.1 Å². The number of benzene rings is 2. The lowest BCUT2D eigenvalue weighted by molar-refractivity contribution is 0.0996. The van der Waals surface area contributed by atoms with E-state index in [4.69, 9.17) is 26.2 Å². The first-order valence-corrected chi connectivity index (χ1v) is 9.26. The van der Waals surface area contributed by atoms with E-state index in [1.807, 2.05) is 37.3 Å². The minimum Gasteiger partial charge on any atom is -0.493 e. The van der Waals surface area contributed by atoms with E-state index >= 15 is 0 Å². The summed E-state index contributed by atoms with van der Waals surface area (Å²) in [4.78, 5) is 22.9. The summed E-state index contributed by atoms with van der Waals surface area (Å²) < 4.78 is 12.7. The Morgan fingerprint density at radius 1 is 1.13 bits per heavy atom. The highest BCUT2D eigenvalue weighted by molar-refractivity contribution is 6.00. The van der Waals surface area contributed by atoms with Crippen LogP contribution >= 0.6 is 0 Å². The molecular weight excluding hydrogens is 400 g/mol. The molecule has 0 saturated carbocycles. The second-order valence-corrected chi connectivity index (χ2v) is 6.25. The third-order valence-electron chi connectivity index (χ3n) is 4.20. The number of carbonyl (C=O) groups excluding carboxylic acids is 2. The number of rotatable bonds is 8. The summed E-state index contributed by atoms with van der Waals surface area (Å²) in [5.41, 5.74) is 12.5. The first-order chi connectivity index (χ1) is 14.9. The molecule has 3 aromatic rings. The minimum atomic E-state index is -0.846. The van der Waals surface area contributed by atoms with Crippen molar-refractivity contribution < 1.29 is 19.1 Å². The van der Waals surface area contributed by atoms with E-state index in [0.29, 0.717) is 23.8 Å². The molecular formula is C21H20N6O4. The van der Waals surface area contributed by atoms with Crippen LogP contribution in [0.2, 0.25) is 0 Å². The molecule has 158 valence electrons. The molecule has 0 aliphatic heterocycles. The van der Waals surface area contributed by atoms with Crippen molar-refractivity contribution in [2.45, 2.75) is 6.92 Å². The number of nitrogens with two attached hydrogens (primary N) is 2. The van der Waals surface area contributed by atoms with Gasteiger partial charge in [0.2, 0.25) is 0 Å². The summed E-state index contributed by atoms with van der Waals surface area (Å²) in [6.45, 7) is 2.16. The molecule has 0 fully saturated rings. The van der Waals surface area contributed by atoms with Crippen LogP contribution in [0.25, 0.3) is 16.8 Å². The Kier molecular flexibility index (Phi) is 6.37. The summed E-state index contributed by atoms with van der Waals surface area (Å²) in [5, 5.41) is 15.3. The number of ether oxygens (including phenoxy) is 2. The van der Waals surface area contributed by atoms with Crippen LogP contribution in [0.3, 0.4) is 0 Å². The van der Waals surface area contributed by atoms with E-state index in [-0.39, 0.29) is 18.0 Å². The summed E-state index contributed by atoms with van der Waals surface area (Å²) >= 11 is 0. The van der Waals surface area contributed by atoms with Gasteiger partial charge in [-0.2, -0.15) is 10.4 Å². The fraction of sp³-hybridized carbons (Fsp3) is 0.143. The minimum absolute atomic E-state index is 0.0854. The van der Waals surface area contributed by atoms with Crippen LogP contribution in [0, 0.1) is 11.3 Å². The van der Waals surface area contributed by atoms with Gasteiger partial charge in [0.15, 0.2) is 12.3 Å². The third kappa shape index (κ3) is 4.73. The number of para-hydroxylation sites is 1. The Balaban J connectivity index is 2.07. The second kappa shape index (κ2) is 9.32. The van der Waals surface area contributed by atoms with Crippen LogP contribution in [0.1, 0.15) is 17.4 Å². The highest BCUT2D eigenvalue weighted by atomic mass is 16.5. The topological polar surface area (TPSA) is 158 Å². The first kappa shape index (κ1) is 21.2. The molecule has 0 saturated heterocycles. The van der Waals surface area contributed by atoms with Crippen molar-refractivity contribution in [1.82, 2.24) is 9.78 Å². The quantitative estimate of drug-likeness (QED) is 0.507. The zero-order chi connectivity index (χ0) is 22.4. The molecule has 0 unspecified atom stereocenters. The molecule has 10 heteroatoms. The van der Waals surface area contributed by atoms with Crippen LogP contribution in [-0.2, 0) is 0 Å². The Labute approximate surface area is 178 Å². The maximum atomic E-state index is 11.7. The molecule has 0 atom stereocenters. The van der Waals surface area contributed by atoms with Gasteiger partial charge in [0.1, 0.15) is 17.6 Å². The lowest BCUT2D eigenvalue weighted by Gasteiger charge is -2.15. The van der Waals surface area contributed by atoms with E-state index in [1.165, 1.54) is 10.9 Å². The molecule has 3 amide bonds. The summed E-state index contributed by atoms with van der Waals surface area (Å²) in [7, 11) is 0. The van der Waals surface area contributed by atoms with Crippen molar-refractivity contribution in [3.63, 3.8) is 0 Å². The number of urea groups is 1. The third-order valence-corrected chi connectivity index (χ3v) is 4.20. The predicted octanol–water partition coefficient (Wildman–Crippen LogP) is 2.43. The number of primary amides is 2. The number of nitrogens with zero attached hydrogens (tertiary/aromatic N) is 3. The van der Waals surface area contributed by atoms with Crippen molar-refractivity contribution in [3.05, 3.63) is 54.4 Å². The summed E-state index contributed by atoms with van der Waals surface area (Å²) in [6.07, 6.45) is 1.43. The number of hydrogen-bond donors (Lipinski definition) is 3. The molecule has 2 aromatic carbocycles. The van der Waals surface area contributed by atoms with Crippen molar-refractivity contribution in [2.24, 2.45) is 11.5 Å². The Morgan fingerprint density at radius 2 is 1.87 bits per heavy atom. The fourth-order valence-corrected chi connectivity index (χ4v) is 2.99. The van der Waals surface area contributed by atoms with Crippen LogP contribution in [0.5, 0.6) is 11.5 Å². The van der Waals surface area contributed by atoms with Gasteiger partial charge in [0.05, 0.1) is 24.2 Å². The van der Waals surface area contributed by atoms with Gasteiger partial charge in [-0.25, -0.2) is 9.48 Å². The molecule has 3 rings (SSSR count). The van der Waals surface area contributed by atoms with Crippen molar-refractivity contribution >= 4 is 17.6 Å². The van der Waals surface area contributed by atoms with Gasteiger partial charge < -0.3 is 26.3 Å². The average Bonchev–Trinajstić information content (AvgIpc) is 3.16. The number of hydrogen-bond acceptors (Lipinski definition) is 6. The number of amides is 3. The monoisotopic (exact) mass is 420 g/mol. The van der Waals surface area contributed by atoms with Gasteiger partial charge in [-0.15, -0.1) is 0 Å². The molecule has 5 N–H and O–H groups in total. The van der Waals surface area contributed by atoms with Gasteiger partial charge in [0, 0.05) is 17.2 Å². The molecule has 10 nitrogen and oxygen atoms in total. The lowest BCUT2D eigenvalue weighted by atomic mass is 10.0. The zero-order valence-electron chi connectivity index (χ0n) is 16.7. The fourth-order valence-electron chi connectivity index (χ4n) is 2.99. The number of anilines is 1.